The summed E-state index contributed by atoms with van der Waals surface area (Å²) in [7, 11) is 0. The summed E-state index contributed by atoms with van der Waals surface area (Å²) in [6, 6.07) is 2.32. The van der Waals surface area contributed by atoms with E-state index in [0.29, 0.717) is 0 Å². The monoisotopic (exact) mass is 219 g/mol. The van der Waals surface area contributed by atoms with Crippen LogP contribution < -0.4 is 0 Å². The standard InChI is InChI=1S/C4H6N.2CH3.Sb/c1-4(2)3-5;;;/h1-2H3;2*1H3;. The van der Waals surface area contributed by atoms with Crippen LogP contribution in [0.2, 0.25) is 13.1 Å². The van der Waals surface area contributed by atoms with Crippen LogP contribution in [0.5, 0.6) is 0 Å². The molecule has 0 atom stereocenters. The first-order valence-electron chi connectivity index (χ1n) is 2.59. The first kappa shape index (κ1) is 8.31. The third kappa shape index (κ3) is 2.05. The van der Waals surface area contributed by atoms with Gasteiger partial charge in [-0.3, -0.25) is 0 Å². The van der Waals surface area contributed by atoms with Crippen molar-refractivity contribution in [2.45, 2.75) is 26.9 Å². The molecule has 0 saturated carbocycles. The van der Waals surface area contributed by atoms with Crippen molar-refractivity contribution in [3.8, 4) is 6.07 Å². The number of nitriles is 1. The van der Waals surface area contributed by atoms with E-state index in [9.17, 15) is 0 Å². The summed E-state index contributed by atoms with van der Waals surface area (Å²) in [6.45, 7) is 4.08. The van der Waals surface area contributed by atoms with Crippen molar-refractivity contribution in [2.24, 2.45) is 0 Å². The van der Waals surface area contributed by atoms with Gasteiger partial charge in [0, 0.05) is 0 Å². The molecule has 0 spiro atoms. The zero-order chi connectivity index (χ0) is 6.78. The third-order valence-corrected chi connectivity index (χ3v) is 8.06. The predicted octanol–water partition coefficient (Wildman–Crippen LogP) is 2.04. The van der Waals surface area contributed by atoms with Gasteiger partial charge in [0.05, 0.1) is 0 Å². The molecular formula is C6H12NSb. The van der Waals surface area contributed by atoms with Gasteiger partial charge in [-0.2, -0.15) is 0 Å². The molecule has 46 valence electrons. The minimum atomic E-state index is -1.12. The Kier molecular flexibility index (Phi) is 2.84. The van der Waals surface area contributed by atoms with E-state index in [1.54, 1.807) is 0 Å². The Morgan fingerprint density at radius 2 is 1.75 bits per heavy atom. The van der Waals surface area contributed by atoms with E-state index in [2.05, 4.69) is 15.8 Å². The summed E-state index contributed by atoms with van der Waals surface area (Å²) >= 11 is -1.12. The number of nitrogens with zero attached hydrogens (tertiary/aromatic N) is 1. The van der Waals surface area contributed by atoms with Crippen molar-refractivity contribution in [1.82, 2.24) is 0 Å². The Morgan fingerprint density at radius 3 is 1.75 bits per heavy atom. The molecule has 0 fully saturated rings. The SMILES string of the molecule is [CH3][Sb]([CH3])[C](C)(C)C#N. The fourth-order valence-electron chi connectivity index (χ4n) is 0.100. The molecule has 0 amide bonds. The van der Waals surface area contributed by atoms with E-state index < -0.39 is 20.2 Å². The van der Waals surface area contributed by atoms with Gasteiger partial charge in [0.25, 0.3) is 0 Å². The summed E-state index contributed by atoms with van der Waals surface area (Å²) in [5, 5.41) is 8.56. The molecule has 0 rings (SSSR count). The molecule has 0 unspecified atom stereocenters. The summed E-state index contributed by atoms with van der Waals surface area (Å²) in [6.07, 6.45) is 0. The summed E-state index contributed by atoms with van der Waals surface area (Å²) in [5.74, 6) is 0. The Morgan fingerprint density at radius 1 is 1.38 bits per heavy atom. The summed E-state index contributed by atoms with van der Waals surface area (Å²) in [4.78, 5) is 4.48. The van der Waals surface area contributed by atoms with Gasteiger partial charge in [-0.05, 0) is 0 Å². The van der Waals surface area contributed by atoms with Crippen molar-refractivity contribution in [1.29, 1.82) is 5.26 Å². The van der Waals surface area contributed by atoms with E-state index >= 15 is 0 Å². The number of hydrogen-bond acceptors (Lipinski definition) is 1. The molecular weight excluding hydrogens is 208 g/mol. The molecule has 0 aromatic heterocycles. The van der Waals surface area contributed by atoms with Crippen LogP contribution in [-0.4, -0.2) is 20.2 Å². The fraction of sp³-hybridized carbons (Fsp3) is 0.833. The van der Waals surface area contributed by atoms with Crippen molar-refractivity contribution in [3.05, 3.63) is 0 Å². The first-order valence-corrected chi connectivity index (χ1v) is 8.97. The fourth-order valence-corrected chi connectivity index (χ4v) is 0.671. The van der Waals surface area contributed by atoms with E-state index in [0.717, 1.165) is 0 Å². The molecule has 0 aromatic carbocycles. The molecule has 2 heteroatoms. The van der Waals surface area contributed by atoms with E-state index in [1.807, 2.05) is 13.8 Å². The predicted molar refractivity (Wildman–Crippen MR) is 37.1 cm³/mol. The molecule has 0 saturated heterocycles. The minimum absolute atomic E-state index is 0.0306. The van der Waals surface area contributed by atoms with E-state index in [-0.39, 0.29) is 3.36 Å². The van der Waals surface area contributed by atoms with Gasteiger partial charge >= 0.3 is 58.5 Å². The third-order valence-electron chi connectivity index (χ3n) is 1.39. The van der Waals surface area contributed by atoms with Gasteiger partial charge in [-0.15, -0.1) is 0 Å². The first-order chi connectivity index (χ1) is 3.50. The zero-order valence-electron chi connectivity index (χ0n) is 5.89. The molecule has 0 radical (unpaired) electrons. The number of rotatable bonds is 1. The molecule has 0 aliphatic heterocycles. The van der Waals surface area contributed by atoms with Gasteiger partial charge in [-0.25, -0.2) is 0 Å². The molecule has 0 aromatic rings. The van der Waals surface area contributed by atoms with Crippen LogP contribution in [0.4, 0.5) is 0 Å². The van der Waals surface area contributed by atoms with Gasteiger partial charge in [0.2, 0.25) is 0 Å². The Hall–Kier alpha value is 0.308. The molecule has 8 heavy (non-hydrogen) atoms. The Bertz CT molecular complexity index is 110. The average Bonchev–Trinajstić information content (AvgIpc) is 1.67. The van der Waals surface area contributed by atoms with Crippen LogP contribution in [0.25, 0.3) is 0 Å². The quantitative estimate of drug-likeness (QED) is 0.620. The van der Waals surface area contributed by atoms with Crippen LogP contribution >= 0.6 is 0 Å². The molecule has 0 heterocycles. The van der Waals surface area contributed by atoms with Crippen molar-refractivity contribution < 1.29 is 0 Å². The van der Waals surface area contributed by atoms with E-state index in [4.69, 9.17) is 5.26 Å². The Labute approximate surface area is 58.7 Å². The van der Waals surface area contributed by atoms with Crippen molar-refractivity contribution in [3.63, 3.8) is 0 Å². The van der Waals surface area contributed by atoms with Gasteiger partial charge in [0.15, 0.2) is 0 Å². The molecule has 0 aliphatic carbocycles. The van der Waals surface area contributed by atoms with Crippen LogP contribution in [0.1, 0.15) is 13.8 Å². The summed E-state index contributed by atoms with van der Waals surface area (Å²) in [5.41, 5.74) is 0. The second-order valence-electron chi connectivity index (χ2n) is 2.57. The summed E-state index contributed by atoms with van der Waals surface area (Å²) < 4.78 is 0.0306. The zero-order valence-corrected chi connectivity index (χ0v) is 8.45. The maximum absolute atomic E-state index is 8.56. The molecule has 1 nitrogen and oxygen atoms in total. The maximum atomic E-state index is 8.56. The molecule has 0 aliphatic rings. The second kappa shape index (κ2) is 2.74. The van der Waals surface area contributed by atoms with Gasteiger partial charge in [0.1, 0.15) is 0 Å². The van der Waals surface area contributed by atoms with Gasteiger partial charge in [-0.1, -0.05) is 0 Å². The normalized spacial score (nSPS) is 11.5. The molecule has 0 N–H and O–H groups in total. The van der Waals surface area contributed by atoms with Crippen LogP contribution in [0, 0.1) is 11.3 Å². The average molecular weight is 220 g/mol. The molecule has 0 bridgehead atoms. The number of hydrogen-bond donors (Lipinski definition) is 0. The van der Waals surface area contributed by atoms with Crippen LogP contribution in [-0.2, 0) is 0 Å². The van der Waals surface area contributed by atoms with Crippen LogP contribution in [0.15, 0.2) is 0 Å². The van der Waals surface area contributed by atoms with E-state index in [1.165, 1.54) is 0 Å². The topological polar surface area (TPSA) is 23.8 Å². The van der Waals surface area contributed by atoms with Crippen molar-refractivity contribution in [2.75, 3.05) is 0 Å². The van der Waals surface area contributed by atoms with Crippen molar-refractivity contribution >= 4 is 20.2 Å². The van der Waals surface area contributed by atoms with Gasteiger partial charge < -0.3 is 0 Å². The van der Waals surface area contributed by atoms with Crippen LogP contribution in [0.3, 0.4) is 0 Å². The Balaban J connectivity index is 3.97. The second-order valence-corrected chi connectivity index (χ2v) is 10.9.